The van der Waals surface area contributed by atoms with Crippen LogP contribution in [0.25, 0.3) is 0 Å². The van der Waals surface area contributed by atoms with Crippen LogP contribution in [0.15, 0.2) is 30.3 Å². The van der Waals surface area contributed by atoms with Gasteiger partial charge in [-0.3, -0.25) is 4.79 Å². The number of hydrogen-bond acceptors (Lipinski definition) is 5. The Kier molecular flexibility index (Phi) is 5.42. The van der Waals surface area contributed by atoms with E-state index >= 15 is 0 Å². The molecule has 158 valence electrons. The second-order valence-corrected chi connectivity index (χ2v) is 8.76. The van der Waals surface area contributed by atoms with Gasteiger partial charge in [0.2, 0.25) is 0 Å². The van der Waals surface area contributed by atoms with E-state index in [0.29, 0.717) is 12.2 Å². The van der Waals surface area contributed by atoms with Crippen molar-refractivity contribution < 1.29 is 9.53 Å². The third-order valence-electron chi connectivity index (χ3n) is 6.80. The highest BCUT2D eigenvalue weighted by atomic mass is 16.5. The highest BCUT2D eigenvalue weighted by molar-refractivity contribution is 5.96. The van der Waals surface area contributed by atoms with Gasteiger partial charge in [-0.15, -0.1) is 0 Å². The monoisotopic (exact) mass is 406 g/mol. The molecule has 2 saturated heterocycles. The van der Waals surface area contributed by atoms with Crippen LogP contribution < -0.4 is 10.2 Å². The lowest BCUT2D eigenvalue weighted by atomic mass is 9.84. The summed E-state index contributed by atoms with van der Waals surface area (Å²) in [5.74, 6) is 1.67. The first kappa shape index (κ1) is 19.5. The number of hydrogen-bond donors (Lipinski definition) is 1. The molecule has 0 bridgehead atoms. The number of anilines is 1. The molecule has 30 heavy (non-hydrogen) atoms. The summed E-state index contributed by atoms with van der Waals surface area (Å²) in [5.41, 5.74) is 2.92. The number of carbonyl (C=O) groups is 1. The fourth-order valence-electron chi connectivity index (χ4n) is 5.02. The molecular weight excluding hydrogens is 376 g/mol. The van der Waals surface area contributed by atoms with Crippen molar-refractivity contribution in [3.63, 3.8) is 0 Å². The average Bonchev–Trinajstić information content (AvgIpc) is 2.80. The quantitative estimate of drug-likeness (QED) is 0.845. The highest BCUT2D eigenvalue weighted by Gasteiger charge is 2.38. The summed E-state index contributed by atoms with van der Waals surface area (Å²) in [4.78, 5) is 24.6. The second kappa shape index (κ2) is 8.34. The molecule has 5 rings (SSSR count). The molecule has 1 amide bonds. The Morgan fingerprint density at radius 2 is 1.87 bits per heavy atom. The molecule has 2 aromatic rings. The standard InChI is InChI=1S/C24H30N4O2/c29-23-21-19(10-14-25-23)22(27-20(26-21)9-8-18-6-2-1-3-7-18)28-15-12-24(13-16-28)11-4-5-17-30-24/h1-3,6-7H,4-5,8-17H2,(H,25,29). The van der Waals surface area contributed by atoms with Gasteiger partial charge < -0.3 is 15.0 Å². The molecule has 1 N–H and O–H groups in total. The molecule has 1 aromatic heterocycles. The van der Waals surface area contributed by atoms with Crippen LogP contribution in [-0.4, -0.2) is 47.7 Å². The smallest absolute Gasteiger partial charge is 0.270 e. The van der Waals surface area contributed by atoms with Crippen molar-refractivity contribution in [1.29, 1.82) is 0 Å². The van der Waals surface area contributed by atoms with Crippen molar-refractivity contribution in [1.82, 2.24) is 15.3 Å². The van der Waals surface area contributed by atoms with Crippen LogP contribution in [0.1, 0.15) is 59.5 Å². The number of rotatable bonds is 4. The van der Waals surface area contributed by atoms with Gasteiger partial charge in [0.15, 0.2) is 0 Å². The van der Waals surface area contributed by atoms with Gasteiger partial charge in [0.1, 0.15) is 17.3 Å². The minimum atomic E-state index is -0.0649. The molecule has 6 nitrogen and oxygen atoms in total. The number of aromatic nitrogens is 2. The van der Waals surface area contributed by atoms with Crippen molar-refractivity contribution >= 4 is 11.7 Å². The number of aryl methyl sites for hydroxylation is 2. The maximum atomic E-state index is 12.5. The molecule has 0 unspecified atom stereocenters. The molecule has 1 aromatic carbocycles. The number of ether oxygens (including phenoxy) is 1. The molecule has 3 aliphatic rings. The summed E-state index contributed by atoms with van der Waals surface area (Å²) in [7, 11) is 0. The number of nitrogens with one attached hydrogen (secondary N) is 1. The maximum absolute atomic E-state index is 12.5. The SMILES string of the molecule is O=C1NCCc2c1nc(CCc1ccccc1)nc2N1CCC2(CCCCO2)CC1. The van der Waals surface area contributed by atoms with Gasteiger partial charge in [-0.05, 0) is 50.5 Å². The van der Waals surface area contributed by atoms with E-state index in [1.807, 2.05) is 6.07 Å². The van der Waals surface area contributed by atoms with Crippen LogP contribution >= 0.6 is 0 Å². The van der Waals surface area contributed by atoms with E-state index < -0.39 is 0 Å². The molecular formula is C24H30N4O2. The zero-order valence-electron chi connectivity index (χ0n) is 17.5. The number of amides is 1. The summed E-state index contributed by atoms with van der Waals surface area (Å²) in [6.07, 6.45) is 8.11. The van der Waals surface area contributed by atoms with Gasteiger partial charge in [0.25, 0.3) is 5.91 Å². The summed E-state index contributed by atoms with van der Waals surface area (Å²) < 4.78 is 6.21. The summed E-state index contributed by atoms with van der Waals surface area (Å²) in [5, 5.41) is 2.95. The number of fused-ring (bicyclic) bond motifs is 1. The molecule has 0 atom stereocenters. The first-order chi connectivity index (χ1) is 14.7. The normalized spacial score (nSPS) is 20.7. The largest absolute Gasteiger partial charge is 0.375 e. The van der Waals surface area contributed by atoms with Gasteiger partial charge >= 0.3 is 0 Å². The summed E-state index contributed by atoms with van der Waals surface area (Å²) in [6.45, 7) is 3.42. The number of benzene rings is 1. The van der Waals surface area contributed by atoms with E-state index in [1.54, 1.807) is 0 Å². The van der Waals surface area contributed by atoms with Crippen molar-refractivity contribution in [2.24, 2.45) is 0 Å². The third-order valence-corrected chi connectivity index (χ3v) is 6.80. The third kappa shape index (κ3) is 3.93. The topological polar surface area (TPSA) is 67.4 Å². The second-order valence-electron chi connectivity index (χ2n) is 8.76. The molecule has 0 radical (unpaired) electrons. The van der Waals surface area contributed by atoms with Crippen LogP contribution in [0.3, 0.4) is 0 Å². The molecule has 2 fully saturated rings. The lowest BCUT2D eigenvalue weighted by Crippen LogP contribution is -2.48. The summed E-state index contributed by atoms with van der Waals surface area (Å²) >= 11 is 0. The molecule has 0 aliphatic carbocycles. The molecule has 0 saturated carbocycles. The van der Waals surface area contributed by atoms with Gasteiger partial charge in [-0.2, -0.15) is 0 Å². The van der Waals surface area contributed by atoms with Crippen molar-refractivity contribution in [3.05, 3.63) is 53.0 Å². The van der Waals surface area contributed by atoms with Gasteiger partial charge in [-0.1, -0.05) is 30.3 Å². The average molecular weight is 407 g/mol. The van der Waals surface area contributed by atoms with Crippen molar-refractivity contribution in [3.8, 4) is 0 Å². The van der Waals surface area contributed by atoms with Crippen molar-refractivity contribution in [2.75, 3.05) is 31.1 Å². The minimum absolute atomic E-state index is 0.0648. The van der Waals surface area contributed by atoms with Crippen molar-refractivity contribution in [2.45, 2.75) is 57.0 Å². The zero-order valence-corrected chi connectivity index (χ0v) is 17.5. The van der Waals surface area contributed by atoms with E-state index in [-0.39, 0.29) is 11.5 Å². The minimum Gasteiger partial charge on any atom is -0.375 e. The molecule has 4 heterocycles. The zero-order chi connectivity index (χ0) is 20.4. The van der Waals surface area contributed by atoms with Gasteiger partial charge in [-0.25, -0.2) is 9.97 Å². The first-order valence-electron chi connectivity index (χ1n) is 11.3. The maximum Gasteiger partial charge on any atom is 0.270 e. The predicted octanol–water partition coefficient (Wildman–Crippen LogP) is 3.09. The fraction of sp³-hybridized carbons (Fsp3) is 0.542. The lowest BCUT2D eigenvalue weighted by Gasteiger charge is -2.44. The van der Waals surface area contributed by atoms with Crippen LogP contribution in [-0.2, 0) is 24.0 Å². The van der Waals surface area contributed by atoms with E-state index in [0.717, 1.165) is 69.0 Å². The Balaban J connectivity index is 1.39. The van der Waals surface area contributed by atoms with E-state index in [1.165, 1.54) is 24.8 Å². The highest BCUT2D eigenvalue weighted by Crippen LogP contribution is 2.37. The van der Waals surface area contributed by atoms with Crippen LogP contribution in [0.4, 0.5) is 5.82 Å². The van der Waals surface area contributed by atoms with Crippen LogP contribution in [0.2, 0.25) is 0 Å². The number of nitrogens with zero attached hydrogens (tertiary/aromatic N) is 3. The molecule has 1 spiro atoms. The van der Waals surface area contributed by atoms with Gasteiger partial charge in [0, 0.05) is 38.2 Å². The van der Waals surface area contributed by atoms with Crippen LogP contribution in [0.5, 0.6) is 0 Å². The van der Waals surface area contributed by atoms with E-state index in [4.69, 9.17) is 9.72 Å². The first-order valence-corrected chi connectivity index (χ1v) is 11.3. The Labute approximate surface area is 178 Å². The Bertz CT molecular complexity index is 899. The summed E-state index contributed by atoms with van der Waals surface area (Å²) in [6, 6.07) is 10.4. The Morgan fingerprint density at radius 3 is 2.63 bits per heavy atom. The Hall–Kier alpha value is -2.47. The predicted molar refractivity (Wildman–Crippen MR) is 116 cm³/mol. The Morgan fingerprint density at radius 1 is 1.03 bits per heavy atom. The van der Waals surface area contributed by atoms with Crippen LogP contribution in [0, 0.1) is 0 Å². The fourth-order valence-corrected chi connectivity index (χ4v) is 5.02. The lowest BCUT2D eigenvalue weighted by molar-refractivity contribution is -0.0921. The van der Waals surface area contributed by atoms with E-state index in [9.17, 15) is 4.79 Å². The molecule has 6 heteroatoms. The number of carbonyl (C=O) groups excluding carboxylic acids is 1. The molecule has 3 aliphatic heterocycles. The van der Waals surface area contributed by atoms with Gasteiger partial charge in [0.05, 0.1) is 5.60 Å². The number of piperidine rings is 1. The van der Waals surface area contributed by atoms with E-state index in [2.05, 4.69) is 39.5 Å².